The van der Waals surface area contributed by atoms with Crippen molar-refractivity contribution in [1.82, 2.24) is 4.90 Å². The third-order valence-corrected chi connectivity index (χ3v) is 5.08. The van der Waals surface area contributed by atoms with Crippen LogP contribution in [0.4, 0.5) is 4.79 Å². The van der Waals surface area contributed by atoms with Gasteiger partial charge in [-0.2, -0.15) is 0 Å². The van der Waals surface area contributed by atoms with Gasteiger partial charge in [0.05, 0.1) is 17.6 Å². The van der Waals surface area contributed by atoms with Crippen molar-refractivity contribution >= 4 is 52.5 Å². The fraction of sp³-hybridized carbons (Fsp3) is 0.100. The van der Waals surface area contributed by atoms with Crippen LogP contribution >= 0.6 is 23.4 Å². The second-order valence-corrected chi connectivity index (χ2v) is 7.47. The molecule has 0 radical (unpaired) electrons. The number of esters is 1. The molecule has 2 aromatic rings. The largest absolute Gasteiger partial charge is 0.493 e. The number of primary amides is 1. The molecule has 8 nitrogen and oxygen atoms in total. The number of imide groups is 1. The Labute approximate surface area is 180 Å². The third-order valence-electron chi connectivity index (χ3n) is 3.94. The molecule has 2 aromatic carbocycles. The number of hydrogen-bond acceptors (Lipinski definition) is 7. The maximum absolute atomic E-state index is 12.4. The highest BCUT2D eigenvalue weighted by atomic mass is 35.5. The summed E-state index contributed by atoms with van der Waals surface area (Å²) in [5.41, 5.74) is 5.80. The summed E-state index contributed by atoms with van der Waals surface area (Å²) in [4.78, 5) is 48.6. The van der Waals surface area contributed by atoms with E-state index < -0.39 is 29.6 Å². The molecule has 1 fully saturated rings. The second-order valence-electron chi connectivity index (χ2n) is 6.04. The molecule has 30 heavy (non-hydrogen) atoms. The van der Waals surface area contributed by atoms with Crippen LogP contribution in [0.25, 0.3) is 6.08 Å². The van der Waals surface area contributed by atoms with Gasteiger partial charge in [0, 0.05) is 5.02 Å². The fourth-order valence-electron chi connectivity index (χ4n) is 2.58. The van der Waals surface area contributed by atoms with E-state index >= 15 is 0 Å². The van der Waals surface area contributed by atoms with E-state index in [9.17, 15) is 19.2 Å². The lowest BCUT2D eigenvalue weighted by atomic mass is 10.1. The van der Waals surface area contributed by atoms with Crippen LogP contribution in [0.1, 0.15) is 15.9 Å². The Balaban J connectivity index is 1.87. The molecule has 0 aromatic heterocycles. The van der Waals surface area contributed by atoms with Crippen LogP contribution in [0, 0.1) is 0 Å². The smallest absolute Gasteiger partial charge is 0.343 e. The van der Waals surface area contributed by atoms with Crippen molar-refractivity contribution in [3.63, 3.8) is 0 Å². The van der Waals surface area contributed by atoms with Gasteiger partial charge >= 0.3 is 5.97 Å². The number of methoxy groups -OCH3 is 1. The number of nitrogens with two attached hydrogens (primary N) is 1. The molecule has 1 saturated heterocycles. The summed E-state index contributed by atoms with van der Waals surface area (Å²) in [6, 6.07) is 10.9. The van der Waals surface area contributed by atoms with Gasteiger partial charge in [-0.05, 0) is 53.7 Å². The minimum absolute atomic E-state index is 0.110. The van der Waals surface area contributed by atoms with E-state index in [0.29, 0.717) is 28.1 Å². The Morgan fingerprint density at radius 3 is 2.60 bits per heavy atom. The summed E-state index contributed by atoms with van der Waals surface area (Å²) < 4.78 is 10.6. The molecule has 1 heterocycles. The van der Waals surface area contributed by atoms with Gasteiger partial charge in [0.2, 0.25) is 5.91 Å². The maximum Gasteiger partial charge on any atom is 0.343 e. The number of rotatable bonds is 6. The molecule has 3 rings (SSSR count). The van der Waals surface area contributed by atoms with Crippen LogP contribution in [0.3, 0.4) is 0 Å². The summed E-state index contributed by atoms with van der Waals surface area (Å²) >= 11 is 6.59. The second kappa shape index (κ2) is 9.02. The maximum atomic E-state index is 12.4. The Hall–Kier alpha value is -3.30. The summed E-state index contributed by atoms with van der Waals surface area (Å²) in [5, 5.41) is -0.206. The normalized spacial score (nSPS) is 14.9. The topological polar surface area (TPSA) is 116 Å². The summed E-state index contributed by atoms with van der Waals surface area (Å²) in [7, 11) is 1.42. The number of thioether (sulfide) groups is 1. The molecular weight excluding hydrogens is 432 g/mol. The van der Waals surface area contributed by atoms with Gasteiger partial charge in [-0.15, -0.1) is 0 Å². The van der Waals surface area contributed by atoms with Gasteiger partial charge in [0.25, 0.3) is 11.1 Å². The molecule has 154 valence electrons. The monoisotopic (exact) mass is 446 g/mol. The van der Waals surface area contributed by atoms with Crippen molar-refractivity contribution in [3.8, 4) is 11.5 Å². The van der Waals surface area contributed by atoms with E-state index in [1.165, 1.54) is 25.3 Å². The molecule has 1 aliphatic rings. The van der Waals surface area contributed by atoms with Crippen LogP contribution < -0.4 is 15.2 Å². The lowest BCUT2D eigenvalue weighted by Gasteiger charge is -2.11. The Morgan fingerprint density at radius 2 is 1.93 bits per heavy atom. The summed E-state index contributed by atoms with van der Waals surface area (Å²) in [5.74, 6) is -1.65. The standard InChI is InChI=1S/C20H15ClN2O6S/c1-28-14-6-5-11(8-16-18(25)23(10-17(22)24)20(27)30-16)7-15(14)29-19(26)12-3-2-4-13(21)9-12/h2-9H,10H2,1H3,(H2,22,24)/b16-8-. The number of amides is 3. The highest BCUT2D eigenvalue weighted by Crippen LogP contribution is 2.34. The van der Waals surface area contributed by atoms with E-state index in [0.717, 1.165) is 4.90 Å². The number of hydrogen-bond donors (Lipinski definition) is 1. The van der Waals surface area contributed by atoms with Gasteiger partial charge in [0.15, 0.2) is 11.5 Å². The molecule has 1 aliphatic heterocycles. The van der Waals surface area contributed by atoms with Gasteiger partial charge in [0.1, 0.15) is 6.54 Å². The van der Waals surface area contributed by atoms with Crippen molar-refractivity contribution in [2.45, 2.75) is 0 Å². The van der Waals surface area contributed by atoms with E-state index in [4.69, 9.17) is 26.8 Å². The van der Waals surface area contributed by atoms with E-state index in [-0.39, 0.29) is 16.2 Å². The number of ether oxygens (including phenoxy) is 2. The predicted molar refractivity (Wildman–Crippen MR) is 111 cm³/mol. The first-order valence-corrected chi connectivity index (χ1v) is 9.67. The Bertz CT molecular complexity index is 1080. The zero-order valence-corrected chi connectivity index (χ0v) is 17.2. The zero-order chi connectivity index (χ0) is 21.8. The minimum Gasteiger partial charge on any atom is -0.493 e. The van der Waals surface area contributed by atoms with E-state index in [2.05, 4.69) is 0 Å². The van der Waals surface area contributed by atoms with Crippen LogP contribution in [-0.2, 0) is 9.59 Å². The van der Waals surface area contributed by atoms with Crippen LogP contribution in [0.15, 0.2) is 47.4 Å². The van der Waals surface area contributed by atoms with Gasteiger partial charge < -0.3 is 15.2 Å². The first-order valence-electron chi connectivity index (χ1n) is 8.48. The molecule has 0 atom stereocenters. The third kappa shape index (κ3) is 4.81. The number of halogens is 1. The zero-order valence-electron chi connectivity index (χ0n) is 15.6. The molecule has 2 N–H and O–H groups in total. The molecule has 0 aliphatic carbocycles. The number of benzene rings is 2. The van der Waals surface area contributed by atoms with Crippen LogP contribution in [-0.4, -0.2) is 41.6 Å². The Kier molecular flexibility index (Phi) is 6.43. The first-order chi connectivity index (χ1) is 14.3. The molecule has 0 unspecified atom stereocenters. The average Bonchev–Trinajstić information content (AvgIpc) is 2.95. The van der Waals surface area contributed by atoms with Crippen molar-refractivity contribution < 1.29 is 28.7 Å². The van der Waals surface area contributed by atoms with Crippen LogP contribution in [0.5, 0.6) is 11.5 Å². The predicted octanol–water partition coefficient (Wildman–Crippen LogP) is 3.09. The van der Waals surface area contributed by atoms with Gasteiger partial charge in [-0.3, -0.25) is 19.3 Å². The number of carbonyl (C=O) groups excluding carboxylic acids is 4. The first kappa shape index (κ1) is 21.4. The van der Waals surface area contributed by atoms with Crippen molar-refractivity contribution in [3.05, 3.63) is 63.5 Å². The quantitative estimate of drug-likeness (QED) is 0.411. The highest BCUT2D eigenvalue weighted by Gasteiger charge is 2.35. The fourth-order valence-corrected chi connectivity index (χ4v) is 3.61. The van der Waals surface area contributed by atoms with E-state index in [1.54, 1.807) is 30.3 Å². The molecule has 3 amide bonds. The average molecular weight is 447 g/mol. The van der Waals surface area contributed by atoms with Gasteiger partial charge in [-0.25, -0.2) is 4.79 Å². The lowest BCUT2D eigenvalue weighted by molar-refractivity contribution is -0.127. The molecular formula is C20H15ClN2O6S. The number of carbonyl (C=O) groups is 4. The van der Waals surface area contributed by atoms with Gasteiger partial charge in [-0.1, -0.05) is 23.7 Å². The molecule has 0 bridgehead atoms. The lowest BCUT2D eigenvalue weighted by Crippen LogP contribution is -2.36. The van der Waals surface area contributed by atoms with Crippen LogP contribution in [0.2, 0.25) is 5.02 Å². The van der Waals surface area contributed by atoms with Crippen molar-refractivity contribution in [1.29, 1.82) is 0 Å². The van der Waals surface area contributed by atoms with Crippen molar-refractivity contribution in [2.75, 3.05) is 13.7 Å². The van der Waals surface area contributed by atoms with E-state index in [1.807, 2.05) is 0 Å². The summed E-state index contributed by atoms with van der Waals surface area (Å²) in [6.07, 6.45) is 1.45. The minimum atomic E-state index is -0.793. The molecule has 0 saturated carbocycles. The molecule has 10 heteroatoms. The number of nitrogens with zero attached hydrogens (tertiary/aromatic N) is 1. The molecule has 0 spiro atoms. The van der Waals surface area contributed by atoms with Crippen molar-refractivity contribution in [2.24, 2.45) is 5.73 Å². The Morgan fingerprint density at radius 1 is 1.17 bits per heavy atom. The SMILES string of the molecule is COc1ccc(/C=C2\SC(=O)N(CC(N)=O)C2=O)cc1OC(=O)c1cccc(Cl)c1. The highest BCUT2D eigenvalue weighted by molar-refractivity contribution is 8.18. The summed E-state index contributed by atoms with van der Waals surface area (Å²) in [6.45, 7) is -0.493.